The zero-order chi connectivity index (χ0) is 14.2. The van der Waals surface area contributed by atoms with E-state index in [1.165, 1.54) is 17.0 Å². The van der Waals surface area contributed by atoms with Crippen LogP contribution in [0.3, 0.4) is 0 Å². The van der Waals surface area contributed by atoms with Gasteiger partial charge in [-0.05, 0) is 26.0 Å². The van der Waals surface area contributed by atoms with Crippen LogP contribution in [-0.2, 0) is 16.2 Å². The fourth-order valence-corrected chi connectivity index (χ4v) is 2.13. The predicted molar refractivity (Wildman–Crippen MR) is 66.9 cm³/mol. The molecule has 0 atom stereocenters. The molecule has 2 rings (SSSR count). The molecule has 5 nitrogen and oxygen atoms in total. The van der Waals surface area contributed by atoms with Crippen molar-refractivity contribution in [3.8, 4) is 0 Å². The molecule has 0 aliphatic carbocycles. The maximum atomic E-state index is 13.7. The van der Waals surface area contributed by atoms with Crippen LogP contribution < -0.4 is 10.2 Å². The number of halogens is 1. The number of nitrogens with zero attached hydrogens (tertiary/aromatic N) is 1. The van der Waals surface area contributed by atoms with E-state index in [4.69, 9.17) is 0 Å². The molecular formula is C13H15FN2O3. The molecule has 0 unspecified atom stereocenters. The van der Waals surface area contributed by atoms with Crippen LogP contribution >= 0.6 is 0 Å². The molecule has 0 radical (unpaired) electrons. The van der Waals surface area contributed by atoms with Crippen molar-refractivity contribution in [2.24, 2.45) is 0 Å². The largest absolute Gasteiger partial charge is 0.391 e. The Bertz CT molecular complexity index is 543. The second-order valence-electron chi connectivity index (χ2n) is 4.92. The highest BCUT2D eigenvalue weighted by Gasteiger charge is 2.41. The van der Waals surface area contributed by atoms with Gasteiger partial charge in [0.25, 0.3) is 5.91 Å². The summed E-state index contributed by atoms with van der Waals surface area (Å²) < 4.78 is 13.7. The van der Waals surface area contributed by atoms with Gasteiger partial charge in [0.2, 0.25) is 5.91 Å². The minimum atomic E-state index is -0.994. The average Bonchev–Trinajstić information content (AvgIpc) is 2.34. The van der Waals surface area contributed by atoms with Crippen LogP contribution in [0.15, 0.2) is 18.2 Å². The molecule has 0 spiro atoms. The molecule has 1 saturated heterocycles. The number of aliphatic hydroxyl groups is 1. The topological polar surface area (TPSA) is 69.6 Å². The highest BCUT2D eigenvalue weighted by molar-refractivity contribution is 6.06. The summed E-state index contributed by atoms with van der Waals surface area (Å²) in [5, 5.41) is 11.5. The van der Waals surface area contributed by atoms with Gasteiger partial charge in [0.15, 0.2) is 0 Å². The Kier molecular flexibility index (Phi) is 3.28. The minimum absolute atomic E-state index is 0.0603. The maximum absolute atomic E-state index is 13.7. The van der Waals surface area contributed by atoms with Crippen molar-refractivity contribution >= 4 is 17.5 Å². The van der Waals surface area contributed by atoms with Crippen molar-refractivity contribution in [2.45, 2.75) is 26.0 Å². The van der Waals surface area contributed by atoms with Gasteiger partial charge in [0.1, 0.15) is 11.4 Å². The molecule has 1 aromatic carbocycles. The molecule has 0 bridgehead atoms. The highest BCUT2D eigenvalue weighted by Crippen LogP contribution is 2.30. The number of anilines is 1. The summed E-state index contributed by atoms with van der Waals surface area (Å²) in [6.45, 7) is 2.72. The first kappa shape index (κ1) is 13.5. The number of carbonyl (C=O) groups excluding carboxylic acids is 2. The van der Waals surface area contributed by atoms with E-state index >= 15 is 0 Å². The second-order valence-corrected chi connectivity index (χ2v) is 4.92. The van der Waals surface area contributed by atoms with Crippen LogP contribution in [0.1, 0.15) is 19.4 Å². The fraction of sp³-hybridized carbons (Fsp3) is 0.385. The Morgan fingerprint density at radius 2 is 2.11 bits per heavy atom. The van der Waals surface area contributed by atoms with Gasteiger partial charge in [0, 0.05) is 11.3 Å². The minimum Gasteiger partial charge on any atom is -0.391 e. The third-order valence-corrected chi connectivity index (χ3v) is 3.33. The first-order valence-electron chi connectivity index (χ1n) is 5.88. The molecule has 0 aromatic heterocycles. The molecule has 2 N–H and O–H groups in total. The van der Waals surface area contributed by atoms with E-state index in [0.717, 1.165) is 0 Å². The first-order valence-corrected chi connectivity index (χ1v) is 5.88. The van der Waals surface area contributed by atoms with Gasteiger partial charge in [0.05, 0.1) is 13.2 Å². The van der Waals surface area contributed by atoms with Crippen LogP contribution in [0, 0.1) is 5.82 Å². The molecule has 1 heterocycles. The monoisotopic (exact) mass is 266 g/mol. The molecule has 1 aliphatic rings. The number of hydrogen-bond donors (Lipinski definition) is 2. The third-order valence-electron chi connectivity index (χ3n) is 3.33. The van der Waals surface area contributed by atoms with Crippen molar-refractivity contribution in [1.82, 2.24) is 5.32 Å². The smallest absolute Gasteiger partial charge is 0.251 e. The van der Waals surface area contributed by atoms with Crippen molar-refractivity contribution in [3.05, 3.63) is 29.6 Å². The number of rotatable bonds is 2. The fourth-order valence-electron chi connectivity index (χ4n) is 2.13. The Morgan fingerprint density at radius 3 is 2.74 bits per heavy atom. The van der Waals surface area contributed by atoms with Gasteiger partial charge in [-0.25, -0.2) is 4.39 Å². The van der Waals surface area contributed by atoms with Gasteiger partial charge in [-0.15, -0.1) is 0 Å². The Hall–Kier alpha value is -1.95. The van der Waals surface area contributed by atoms with Crippen LogP contribution in [0.25, 0.3) is 0 Å². The molecule has 1 fully saturated rings. The molecule has 1 aromatic rings. The lowest BCUT2D eigenvalue weighted by atomic mass is 9.96. The summed E-state index contributed by atoms with van der Waals surface area (Å²) in [5.41, 5.74) is -0.556. The third kappa shape index (κ3) is 2.19. The van der Waals surface area contributed by atoms with Gasteiger partial charge in [-0.1, -0.05) is 6.07 Å². The standard InChI is InChI=1S/C13H15FN2O3/c1-13(2)12(19)15-11(18)6-16(13)10-5-3-4-9(14)8(10)7-17/h3-5,17H,6-7H2,1-2H3,(H,15,18,19). The van der Waals surface area contributed by atoms with Gasteiger partial charge in [-0.3, -0.25) is 14.9 Å². The van der Waals surface area contributed by atoms with E-state index in [9.17, 15) is 19.1 Å². The second kappa shape index (κ2) is 4.62. The predicted octanol–water partition coefficient (Wildman–Crippen LogP) is 0.559. The molecule has 0 saturated carbocycles. The number of nitrogens with one attached hydrogen (secondary N) is 1. The summed E-state index contributed by atoms with van der Waals surface area (Å²) in [6, 6.07) is 4.30. The Balaban J connectivity index is 2.53. The summed E-state index contributed by atoms with van der Waals surface area (Å²) in [4.78, 5) is 24.9. The number of hydrogen-bond acceptors (Lipinski definition) is 4. The van der Waals surface area contributed by atoms with Crippen LogP contribution in [0.5, 0.6) is 0 Å². The molecule has 2 amide bonds. The van der Waals surface area contributed by atoms with Crippen molar-refractivity contribution in [1.29, 1.82) is 0 Å². The number of carbonyl (C=O) groups is 2. The zero-order valence-electron chi connectivity index (χ0n) is 10.7. The summed E-state index contributed by atoms with van der Waals surface area (Å²) in [6.07, 6.45) is 0. The van der Waals surface area contributed by atoms with Crippen LogP contribution in [0.4, 0.5) is 10.1 Å². The average molecular weight is 266 g/mol. The van der Waals surface area contributed by atoms with Crippen molar-refractivity contribution in [2.75, 3.05) is 11.4 Å². The SMILES string of the molecule is CC1(C)C(=O)NC(=O)CN1c1cccc(F)c1CO. The number of aliphatic hydroxyl groups excluding tert-OH is 1. The van der Waals surface area contributed by atoms with Crippen molar-refractivity contribution < 1.29 is 19.1 Å². The number of amides is 2. The number of piperazine rings is 1. The Labute approximate surface area is 110 Å². The molecule has 6 heteroatoms. The first-order chi connectivity index (χ1) is 8.87. The van der Waals surface area contributed by atoms with Gasteiger partial charge >= 0.3 is 0 Å². The summed E-state index contributed by atoms with van der Waals surface area (Å²) in [5.74, 6) is -1.45. The quantitative estimate of drug-likeness (QED) is 0.767. The number of benzene rings is 1. The van der Waals surface area contributed by atoms with Crippen molar-refractivity contribution in [3.63, 3.8) is 0 Å². The van der Waals surface area contributed by atoms with Gasteiger partial charge < -0.3 is 10.0 Å². The van der Waals surface area contributed by atoms with E-state index in [2.05, 4.69) is 5.32 Å². The molecular weight excluding hydrogens is 251 g/mol. The summed E-state index contributed by atoms with van der Waals surface area (Å²) in [7, 11) is 0. The number of imide groups is 1. The van der Waals surface area contributed by atoms with Gasteiger partial charge in [-0.2, -0.15) is 0 Å². The normalized spacial score (nSPS) is 18.4. The molecule has 19 heavy (non-hydrogen) atoms. The van der Waals surface area contributed by atoms with E-state index < -0.39 is 29.8 Å². The molecule has 102 valence electrons. The highest BCUT2D eigenvalue weighted by atomic mass is 19.1. The van der Waals surface area contributed by atoms with E-state index in [1.807, 2.05) is 0 Å². The zero-order valence-corrected chi connectivity index (χ0v) is 10.7. The maximum Gasteiger partial charge on any atom is 0.251 e. The van der Waals surface area contributed by atoms with E-state index in [-0.39, 0.29) is 12.1 Å². The van der Waals surface area contributed by atoms with Crippen LogP contribution in [0.2, 0.25) is 0 Å². The Morgan fingerprint density at radius 1 is 1.42 bits per heavy atom. The van der Waals surface area contributed by atoms with Crippen LogP contribution in [-0.4, -0.2) is 29.0 Å². The molecule has 1 aliphatic heterocycles. The van der Waals surface area contributed by atoms with E-state index in [0.29, 0.717) is 5.69 Å². The summed E-state index contributed by atoms with van der Waals surface area (Å²) >= 11 is 0. The van der Waals surface area contributed by atoms with E-state index in [1.54, 1.807) is 19.9 Å². The lowest BCUT2D eigenvalue weighted by molar-refractivity contribution is -0.135. The lowest BCUT2D eigenvalue weighted by Gasteiger charge is -2.42. The lowest BCUT2D eigenvalue weighted by Crippen LogP contribution is -2.64.